The molecule has 0 saturated carbocycles. The van der Waals surface area contributed by atoms with E-state index in [-0.39, 0.29) is 5.92 Å². The van der Waals surface area contributed by atoms with Crippen LogP contribution in [-0.4, -0.2) is 29.1 Å². The fourth-order valence-electron chi connectivity index (χ4n) is 9.63. The molecule has 7 nitrogen and oxygen atoms in total. The molecule has 5 aromatic heterocycles. The average molecular weight is 809 g/mol. The highest BCUT2D eigenvalue weighted by Gasteiger charge is 2.34. The van der Waals surface area contributed by atoms with Crippen molar-refractivity contribution in [2.24, 2.45) is 0 Å². The molecule has 6 heterocycles. The molecule has 11 aromatic rings. The van der Waals surface area contributed by atoms with E-state index in [0.717, 1.165) is 102 Å². The molecule has 0 radical (unpaired) electrons. The predicted octanol–water partition coefficient (Wildman–Crippen LogP) is 13.3. The van der Waals surface area contributed by atoms with E-state index in [1.165, 1.54) is 16.3 Å². The van der Waals surface area contributed by atoms with Gasteiger partial charge >= 0.3 is 0 Å². The quantitative estimate of drug-likeness (QED) is 0.167. The van der Waals surface area contributed by atoms with Gasteiger partial charge in [0, 0.05) is 38.9 Å². The Hall–Kier alpha value is -8.42. The lowest BCUT2D eigenvalue weighted by molar-refractivity contribution is 0.426. The summed E-state index contributed by atoms with van der Waals surface area (Å²) in [5, 5.41) is 4.64. The third kappa shape index (κ3) is 5.74. The number of aromatic nitrogens is 6. The van der Waals surface area contributed by atoms with Crippen LogP contribution in [0, 0.1) is 0 Å². The molecule has 2 aliphatic rings. The van der Waals surface area contributed by atoms with Gasteiger partial charge in [-0.05, 0) is 95.9 Å². The lowest BCUT2D eigenvalue weighted by atomic mass is 9.89. The summed E-state index contributed by atoms with van der Waals surface area (Å²) in [6.07, 6.45) is 6.85. The van der Waals surface area contributed by atoms with Gasteiger partial charge in [-0.3, -0.25) is 14.1 Å². The molecule has 0 N–H and O–H groups in total. The van der Waals surface area contributed by atoms with Crippen LogP contribution in [0.5, 0.6) is 5.75 Å². The molecule has 0 saturated heterocycles. The van der Waals surface area contributed by atoms with Crippen LogP contribution in [0.4, 0.5) is 0 Å². The number of nitrogens with zero attached hydrogens (tertiary/aromatic N) is 6. The Morgan fingerprint density at radius 1 is 0.444 bits per heavy atom. The summed E-state index contributed by atoms with van der Waals surface area (Å²) in [6, 6.07) is 63.8. The molecule has 63 heavy (non-hydrogen) atoms. The third-order valence-electron chi connectivity index (χ3n) is 12.6. The summed E-state index contributed by atoms with van der Waals surface area (Å²) in [5.41, 5.74) is 13.6. The van der Waals surface area contributed by atoms with Crippen molar-refractivity contribution in [3.05, 3.63) is 217 Å². The van der Waals surface area contributed by atoms with Crippen LogP contribution in [0.1, 0.15) is 23.7 Å². The Kier molecular flexibility index (Phi) is 7.90. The van der Waals surface area contributed by atoms with E-state index >= 15 is 0 Å². The molecule has 296 valence electrons. The highest BCUT2D eigenvalue weighted by Crippen LogP contribution is 2.46. The second-order valence-corrected chi connectivity index (χ2v) is 16.2. The van der Waals surface area contributed by atoms with E-state index in [0.29, 0.717) is 5.95 Å². The van der Waals surface area contributed by atoms with E-state index in [2.05, 4.69) is 184 Å². The van der Waals surface area contributed by atoms with Gasteiger partial charge in [0.05, 0.1) is 50.8 Å². The Labute approximate surface area is 362 Å². The van der Waals surface area contributed by atoms with Gasteiger partial charge in [0.25, 0.3) is 0 Å². The first-order valence-electron chi connectivity index (χ1n) is 21.3. The van der Waals surface area contributed by atoms with Crippen molar-refractivity contribution in [1.82, 2.24) is 29.1 Å². The summed E-state index contributed by atoms with van der Waals surface area (Å²) in [4.78, 5) is 20.4. The number of benzene rings is 6. The molecule has 1 aliphatic carbocycles. The van der Waals surface area contributed by atoms with E-state index in [9.17, 15) is 0 Å². The largest absolute Gasteiger partial charge is 0.459 e. The Balaban J connectivity index is 0.916. The Bertz CT molecular complexity index is 3640. The zero-order valence-corrected chi connectivity index (χ0v) is 33.9. The maximum absolute atomic E-state index is 6.13. The van der Waals surface area contributed by atoms with Crippen molar-refractivity contribution >= 4 is 49.2 Å². The normalized spacial score (nSPS) is 14.4. The molecule has 1 atom stereocenters. The van der Waals surface area contributed by atoms with E-state index in [1.54, 1.807) is 0 Å². The van der Waals surface area contributed by atoms with Gasteiger partial charge in [-0.15, -0.1) is 0 Å². The fourth-order valence-corrected chi connectivity index (χ4v) is 9.63. The van der Waals surface area contributed by atoms with Crippen molar-refractivity contribution in [1.29, 1.82) is 0 Å². The van der Waals surface area contributed by atoms with Crippen LogP contribution in [0.15, 0.2) is 206 Å². The van der Waals surface area contributed by atoms with E-state index < -0.39 is 0 Å². The summed E-state index contributed by atoms with van der Waals surface area (Å²) >= 11 is 0. The number of fused-ring (bicyclic) bond motifs is 9. The molecule has 0 amide bonds. The lowest BCUT2D eigenvalue weighted by Gasteiger charge is -2.18. The number of allylic oxidation sites excluding steroid dienone is 4. The lowest BCUT2D eigenvalue weighted by Crippen LogP contribution is -2.07. The zero-order valence-electron chi connectivity index (χ0n) is 33.9. The molecule has 0 bridgehead atoms. The third-order valence-corrected chi connectivity index (χ3v) is 12.6. The number of hydrogen-bond acceptors (Lipinski definition) is 5. The second kappa shape index (κ2) is 14.1. The Morgan fingerprint density at radius 2 is 1.05 bits per heavy atom. The summed E-state index contributed by atoms with van der Waals surface area (Å²) in [6.45, 7) is 0. The highest BCUT2D eigenvalue weighted by molar-refractivity contribution is 6.12. The molecule has 6 aromatic carbocycles. The zero-order chi connectivity index (χ0) is 41.4. The fraction of sp³-hybridized carbons (Fsp3) is 0.0357. The van der Waals surface area contributed by atoms with Gasteiger partial charge in [0.15, 0.2) is 0 Å². The molecule has 7 heteroatoms. The smallest absolute Gasteiger partial charge is 0.235 e. The molecule has 1 unspecified atom stereocenters. The van der Waals surface area contributed by atoms with Crippen molar-refractivity contribution in [2.45, 2.75) is 12.3 Å². The van der Waals surface area contributed by atoms with Crippen molar-refractivity contribution in [2.75, 3.05) is 0 Å². The number of para-hydroxylation sites is 2. The maximum Gasteiger partial charge on any atom is 0.235 e. The summed E-state index contributed by atoms with van der Waals surface area (Å²) in [7, 11) is 0. The molecule has 0 fully saturated rings. The van der Waals surface area contributed by atoms with Crippen LogP contribution in [0.25, 0.3) is 94.6 Å². The van der Waals surface area contributed by atoms with E-state index in [4.69, 9.17) is 19.7 Å². The first-order valence-corrected chi connectivity index (χ1v) is 21.3. The van der Waals surface area contributed by atoms with Crippen molar-refractivity contribution < 1.29 is 4.74 Å². The Morgan fingerprint density at radius 3 is 1.73 bits per heavy atom. The molecular weight excluding hydrogens is 773 g/mol. The van der Waals surface area contributed by atoms with Gasteiger partial charge in [0.2, 0.25) is 5.95 Å². The first kappa shape index (κ1) is 35.3. The van der Waals surface area contributed by atoms with Gasteiger partial charge in [-0.25, -0.2) is 15.0 Å². The van der Waals surface area contributed by atoms with Crippen LogP contribution < -0.4 is 4.74 Å². The second-order valence-electron chi connectivity index (χ2n) is 16.2. The number of hydrogen-bond donors (Lipinski definition) is 0. The average Bonchev–Trinajstić information content (AvgIpc) is 4.01. The SMILES string of the molecule is C1=C(c2cccc(-n3c4ccccc4c4cc(-c5ccc6c(c5)c5ccccc5n6-c5nc(-c6ccccc6)cc(-c6ccccc6)n5)ccc43)n2)CC2C(=C1)Oc1cccnc12. The van der Waals surface area contributed by atoms with Crippen LogP contribution in [0.3, 0.4) is 0 Å². The number of ether oxygens (including phenoxy) is 1. The molecular formula is C56H36N6O. The predicted molar refractivity (Wildman–Crippen MR) is 253 cm³/mol. The first-order chi connectivity index (χ1) is 31.2. The van der Waals surface area contributed by atoms with Gasteiger partial charge in [0.1, 0.15) is 17.3 Å². The minimum Gasteiger partial charge on any atom is -0.459 e. The maximum atomic E-state index is 6.13. The number of rotatable bonds is 6. The summed E-state index contributed by atoms with van der Waals surface area (Å²) < 4.78 is 10.6. The molecule has 0 spiro atoms. The summed E-state index contributed by atoms with van der Waals surface area (Å²) in [5.74, 6) is 3.41. The van der Waals surface area contributed by atoms with Crippen molar-refractivity contribution in [3.63, 3.8) is 0 Å². The van der Waals surface area contributed by atoms with Crippen molar-refractivity contribution in [3.8, 4) is 51.2 Å². The van der Waals surface area contributed by atoms with Crippen LogP contribution in [-0.2, 0) is 0 Å². The minimum atomic E-state index is 0.0979. The highest BCUT2D eigenvalue weighted by atomic mass is 16.5. The monoisotopic (exact) mass is 808 g/mol. The van der Waals surface area contributed by atoms with Crippen LogP contribution >= 0.6 is 0 Å². The van der Waals surface area contributed by atoms with Gasteiger partial charge in [-0.2, -0.15) is 0 Å². The molecule has 13 rings (SSSR count). The number of pyridine rings is 2. The molecule has 1 aliphatic heterocycles. The van der Waals surface area contributed by atoms with E-state index in [1.807, 2.05) is 30.5 Å². The van der Waals surface area contributed by atoms with Gasteiger partial charge in [-0.1, -0.05) is 121 Å². The minimum absolute atomic E-state index is 0.0979. The van der Waals surface area contributed by atoms with Gasteiger partial charge < -0.3 is 4.74 Å². The topological polar surface area (TPSA) is 70.7 Å². The standard InChI is InChI=1S/C56H36N6O/c1-3-13-35(14-4-1)46-34-47(36-15-5-2-6-16-36)60-56(59-46)62-49-21-10-8-18-41(49)43-32-38(25-28-51(43)62)37-24-27-50-42(31-37)40-17-7-9-20-48(40)61(50)54-23-11-19-45(58-54)39-26-29-52-44(33-39)55-53(63-52)22-12-30-57-55/h1-32,34,44H,33H2. The van der Waals surface area contributed by atoms with Crippen LogP contribution in [0.2, 0.25) is 0 Å².